The molecule has 0 bridgehead atoms. The number of ketones is 1. The SMILES string of the molecule is Cc1cc(CSc2ccc(Cl)cc2)c(C)c(C2C(C#N)=C(N)N(c3ccc(Cl)cc3[N+](=O)[O-])C3=C2C(=O)CC(C)(C)C3)c1. The molecule has 0 saturated heterocycles. The standard InChI is InChI=1S/C33H30Cl2N4O3S/c1-18-11-20(17-43-23-8-5-21(34)6-9-23)19(2)24(12-18)30-25(16-36)32(37)38(26-10-7-22(35)13-27(26)39(41)42)28-14-33(3,4)15-29(40)31(28)30/h5-13,30H,14-15,17,37H2,1-4H3. The third kappa shape index (κ3) is 5.90. The van der Waals surface area contributed by atoms with E-state index in [9.17, 15) is 20.2 Å². The van der Waals surface area contributed by atoms with E-state index in [0.29, 0.717) is 28.5 Å². The van der Waals surface area contributed by atoms with Crippen LogP contribution in [0.1, 0.15) is 54.9 Å². The van der Waals surface area contributed by atoms with Crippen LogP contribution in [-0.4, -0.2) is 10.7 Å². The number of carbonyl (C=O) groups excluding carboxylic acids is 1. The molecular formula is C33H30Cl2N4O3S. The quantitative estimate of drug-likeness (QED) is 0.164. The first-order chi connectivity index (χ1) is 20.3. The minimum atomic E-state index is -0.703. The van der Waals surface area contributed by atoms with Gasteiger partial charge >= 0.3 is 0 Å². The molecule has 5 rings (SSSR count). The first-order valence-corrected chi connectivity index (χ1v) is 15.4. The molecule has 2 N–H and O–H groups in total. The number of hydrogen-bond acceptors (Lipinski definition) is 7. The minimum absolute atomic E-state index is 0.0696. The van der Waals surface area contributed by atoms with Gasteiger partial charge in [-0.05, 0) is 78.8 Å². The van der Waals surface area contributed by atoms with Crippen molar-refractivity contribution in [2.24, 2.45) is 11.1 Å². The number of carbonyl (C=O) groups is 1. The van der Waals surface area contributed by atoms with Crippen LogP contribution in [0.2, 0.25) is 10.0 Å². The third-order valence-electron chi connectivity index (χ3n) is 7.97. The maximum Gasteiger partial charge on any atom is 0.294 e. The summed E-state index contributed by atoms with van der Waals surface area (Å²) < 4.78 is 0. The van der Waals surface area contributed by atoms with E-state index in [4.69, 9.17) is 28.9 Å². The highest BCUT2D eigenvalue weighted by Crippen LogP contribution is 2.52. The molecule has 0 amide bonds. The van der Waals surface area contributed by atoms with Gasteiger partial charge < -0.3 is 5.73 Å². The third-order valence-corrected chi connectivity index (χ3v) is 9.52. The van der Waals surface area contributed by atoms with Crippen molar-refractivity contribution in [1.82, 2.24) is 0 Å². The Morgan fingerprint density at radius 1 is 1.09 bits per heavy atom. The average molecular weight is 634 g/mol. The molecule has 0 saturated carbocycles. The number of nitrogens with zero attached hydrogens (tertiary/aromatic N) is 3. The van der Waals surface area contributed by atoms with Crippen LogP contribution >= 0.6 is 35.0 Å². The van der Waals surface area contributed by atoms with E-state index in [2.05, 4.69) is 12.1 Å². The highest BCUT2D eigenvalue weighted by Gasteiger charge is 2.46. The maximum absolute atomic E-state index is 14.0. The Hall–Kier alpha value is -3.77. The van der Waals surface area contributed by atoms with Crippen molar-refractivity contribution in [3.05, 3.63) is 120 Å². The summed E-state index contributed by atoms with van der Waals surface area (Å²) in [5, 5.41) is 23.5. The predicted octanol–water partition coefficient (Wildman–Crippen LogP) is 8.75. The molecular weight excluding hydrogens is 603 g/mol. The Morgan fingerprint density at radius 3 is 2.42 bits per heavy atom. The summed E-state index contributed by atoms with van der Waals surface area (Å²) in [4.78, 5) is 28.2. The van der Waals surface area contributed by atoms with E-state index in [1.54, 1.807) is 17.8 Å². The van der Waals surface area contributed by atoms with Gasteiger partial charge in [-0.25, -0.2) is 0 Å². The number of Topliss-reactive ketones (excluding diaryl/α,β-unsaturated/α-hetero) is 1. The molecule has 0 radical (unpaired) electrons. The van der Waals surface area contributed by atoms with Gasteiger partial charge in [0.25, 0.3) is 5.69 Å². The fraction of sp³-hybridized carbons (Fsp3) is 0.273. The smallest absolute Gasteiger partial charge is 0.294 e. The van der Waals surface area contributed by atoms with Gasteiger partial charge in [-0.3, -0.25) is 19.8 Å². The highest BCUT2D eigenvalue weighted by atomic mass is 35.5. The fourth-order valence-electron chi connectivity index (χ4n) is 6.03. The zero-order valence-corrected chi connectivity index (χ0v) is 26.5. The number of hydrogen-bond donors (Lipinski definition) is 1. The number of nitro benzene ring substituents is 1. The van der Waals surface area contributed by atoms with Crippen LogP contribution < -0.4 is 10.6 Å². The zero-order chi connectivity index (χ0) is 31.2. The van der Waals surface area contributed by atoms with Gasteiger partial charge in [0.15, 0.2) is 5.78 Å². The number of aryl methyl sites for hydroxylation is 1. The molecule has 3 aromatic rings. The number of allylic oxidation sites excluding steroid dienone is 3. The Bertz CT molecular complexity index is 1770. The minimum Gasteiger partial charge on any atom is -0.384 e. The molecule has 1 heterocycles. The molecule has 10 heteroatoms. The normalized spacial score (nSPS) is 18.0. The Kier molecular flexibility index (Phi) is 8.36. The number of nitro groups is 1. The van der Waals surface area contributed by atoms with E-state index >= 15 is 0 Å². The average Bonchev–Trinajstić information content (AvgIpc) is 2.93. The van der Waals surface area contributed by atoms with Crippen molar-refractivity contribution in [2.45, 2.75) is 57.1 Å². The van der Waals surface area contributed by atoms with E-state index in [1.165, 1.54) is 17.0 Å². The number of nitriles is 1. The molecule has 1 atom stereocenters. The molecule has 220 valence electrons. The first kappa shape index (κ1) is 30.7. The topological polar surface area (TPSA) is 113 Å². The van der Waals surface area contributed by atoms with E-state index in [0.717, 1.165) is 27.1 Å². The second-order valence-corrected chi connectivity index (χ2v) is 13.7. The largest absolute Gasteiger partial charge is 0.384 e. The summed E-state index contributed by atoms with van der Waals surface area (Å²) in [6.45, 7) is 7.97. The lowest BCUT2D eigenvalue weighted by atomic mass is 9.68. The highest BCUT2D eigenvalue weighted by molar-refractivity contribution is 7.98. The summed E-state index contributed by atoms with van der Waals surface area (Å²) in [6, 6.07) is 18.4. The van der Waals surface area contributed by atoms with Crippen molar-refractivity contribution in [3.63, 3.8) is 0 Å². The molecule has 2 aliphatic rings. The van der Waals surface area contributed by atoms with Crippen LogP contribution in [0.25, 0.3) is 0 Å². The van der Waals surface area contributed by atoms with Crippen LogP contribution in [0, 0.1) is 40.7 Å². The van der Waals surface area contributed by atoms with E-state index in [-0.39, 0.29) is 40.0 Å². The molecule has 1 aliphatic heterocycles. The number of anilines is 1. The number of rotatable bonds is 6. The summed E-state index contributed by atoms with van der Waals surface area (Å²) in [6.07, 6.45) is 0.718. The van der Waals surface area contributed by atoms with Crippen molar-refractivity contribution in [1.29, 1.82) is 5.26 Å². The zero-order valence-electron chi connectivity index (χ0n) is 24.2. The molecule has 1 unspecified atom stereocenters. The lowest BCUT2D eigenvalue weighted by Gasteiger charge is -2.43. The summed E-state index contributed by atoms with van der Waals surface area (Å²) in [7, 11) is 0. The first-order valence-electron chi connectivity index (χ1n) is 13.7. The number of thioether (sulfide) groups is 1. The number of halogens is 2. The monoisotopic (exact) mass is 632 g/mol. The Labute approximate surface area is 265 Å². The van der Waals surface area contributed by atoms with Crippen LogP contribution in [0.4, 0.5) is 11.4 Å². The van der Waals surface area contributed by atoms with Gasteiger partial charge in [-0.15, -0.1) is 11.8 Å². The second kappa shape index (κ2) is 11.7. The number of nitrogens with two attached hydrogens (primary N) is 1. The van der Waals surface area contributed by atoms with Crippen molar-refractivity contribution in [2.75, 3.05) is 4.90 Å². The summed E-state index contributed by atoms with van der Waals surface area (Å²) >= 11 is 13.9. The lowest BCUT2D eigenvalue weighted by molar-refractivity contribution is -0.384. The molecule has 7 nitrogen and oxygen atoms in total. The molecule has 0 aromatic heterocycles. The second-order valence-electron chi connectivity index (χ2n) is 11.8. The van der Waals surface area contributed by atoms with Gasteiger partial charge in [0.1, 0.15) is 11.5 Å². The van der Waals surface area contributed by atoms with Crippen LogP contribution in [0.3, 0.4) is 0 Å². The Balaban J connectivity index is 1.70. The molecule has 0 fully saturated rings. The summed E-state index contributed by atoms with van der Waals surface area (Å²) in [5.74, 6) is -0.0620. The van der Waals surface area contributed by atoms with Crippen LogP contribution in [0.15, 0.2) is 82.2 Å². The summed E-state index contributed by atoms with van der Waals surface area (Å²) in [5.41, 5.74) is 11.3. The van der Waals surface area contributed by atoms with Crippen molar-refractivity contribution >= 4 is 52.1 Å². The van der Waals surface area contributed by atoms with Crippen LogP contribution in [-0.2, 0) is 10.5 Å². The van der Waals surface area contributed by atoms with E-state index < -0.39 is 16.3 Å². The van der Waals surface area contributed by atoms with Crippen LogP contribution in [0.5, 0.6) is 0 Å². The van der Waals surface area contributed by atoms with Gasteiger partial charge in [0, 0.05) is 44.5 Å². The van der Waals surface area contributed by atoms with Gasteiger partial charge in [-0.2, -0.15) is 5.26 Å². The lowest BCUT2D eigenvalue weighted by Crippen LogP contribution is -2.42. The fourth-order valence-corrected chi connectivity index (χ4v) is 7.28. The predicted molar refractivity (Wildman–Crippen MR) is 172 cm³/mol. The maximum atomic E-state index is 14.0. The van der Waals surface area contributed by atoms with Gasteiger partial charge in [0.2, 0.25) is 0 Å². The molecule has 3 aromatic carbocycles. The molecule has 0 spiro atoms. The Morgan fingerprint density at radius 2 is 1.77 bits per heavy atom. The molecule has 43 heavy (non-hydrogen) atoms. The van der Waals surface area contributed by atoms with Crippen molar-refractivity contribution < 1.29 is 9.72 Å². The van der Waals surface area contributed by atoms with E-state index in [1.807, 2.05) is 58.0 Å². The van der Waals surface area contributed by atoms with Gasteiger partial charge in [0.05, 0.1) is 22.5 Å². The molecule has 1 aliphatic carbocycles. The van der Waals surface area contributed by atoms with Crippen molar-refractivity contribution in [3.8, 4) is 6.07 Å². The number of benzene rings is 3. The van der Waals surface area contributed by atoms with Gasteiger partial charge in [-0.1, -0.05) is 54.7 Å².